The van der Waals surface area contributed by atoms with Gasteiger partial charge in [-0.25, -0.2) is 22.0 Å². The number of carboxylic acids is 1. The zero-order valence-corrected chi connectivity index (χ0v) is 20.2. The number of nitrogens with zero attached hydrogens (tertiary/aromatic N) is 2. The Morgan fingerprint density at radius 1 is 1.00 bits per heavy atom. The number of aliphatic carboxylic acids is 1. The van der Waals surface area contributed by atoms with E-state index in [1.54, 1.807) is 6.07 Å². The molecule has 1 aromatic heterocycles. The van der Waals surface area contributed by atoms with Crippen LogP contribution >= 0.6 is 11.6 Å². The Kier molecular flexibility index (Phi) is 7.32. The van der Waals surface area contributed by atoms with Crippen molar-refractivity contribution in [1.82, 2.24) is 15.3 Å². The minimum Gasteiger partial charge on any atom is -0.480 e. The van der Waals surface area contributed by atoms with Crippen LogP contribution in [-0.2, 0) is 21.2 Å². The van der Waals surface area contributed by atoms with Gasteiger partial charge in [0.05, 0.1) is 16.8 Å². The molecule has 3 aromatic carbocycles. The second-order valence-electron chi connectivity index (χ2n) is 7.79. The molecule has 9 nitrogen and oxygen atoms in total. The number of para-hydroxylation sites is 1. The molecule has 1 heterocycles. The van der Waals surface area contributed by atoms with E-state index in [2.05, 4.69) is 20.0 Å². The van der Waals surface area contributed by atoms with Crippen LogP contribution in [0.2, 0.25) is 5.02 Å². The second-order valence-corrected chi connectivity index (χ2v) is 9.88. The molecule has 0 spiro atoms. The molecule has 4 rings (SSSR count). The number of aromatic nitrogens is 2. The van der Waals surface area contributed by atoms with Crippen LogP contribution in [0.5, 0.6) is 0 Å². The van der Waals surface area contributed by atoms with Gasteiger partial charge in [0, 0.05) is 23.8 Å². The van der Waals surface area contributed by atoms with Crippen molar-refractivity contribution in [2.45, 2.75) is 17.4 Å². The summed E-state index contributed by atoms with van der Waals surface area (Å²) >= 11 is 6.03. The van der Waals surface area contributed by atoms with E-state index >= 15 is 0 Å². The molecule has 0 aliphatic carbocycles. The fraction of sp³-hybridized carbons (Fsp3) is 0.0833. The minimum absolute atomic E-state index is 0.100. The lowest BCUT2D eigenvalue weighted by molar-refractivity contribution is -0.139. The van der Waals surface area contributed by atoms with Crippen molar-refractivity contribution >= 4 is 50.2 Å². The largest absolute Gasteiger partial charge is 0.480 e. The van der Waals surface area contributed by atoms with Crippen molar-refractivity contribution in [3.63, 3.8) is 0 Å². The molecule has 1 amide bonds. The number of hydrogen-bond donors (Lipinski definition) is 3. The normalized spacial score (nSPS) is 12.2. The van der Waals surface area contributed by atoms with Crippen molar-refractivity contribution in [3.8, 4) is 0 Å². The fourth-order valence-corrected chi connectivity index (χ4v) is 4.93. The van der Waals surface area contributed by atoms with Crippen LogP contribution in [0, 0.1) is 11.6 Å². The molecule has 13 heteroatoms. The molecule has 1 atom stereocenters. The predicted molar refractivity (Wildman–Crippen MR) is 131 cm³/mol. The first-order chi connectivity index (χ1) is 17.5. The highest BCUT2D eigenvalue weighted by Gasteiger charge is 2.26. The van der Waals surface area contributed by atoms with Gasteiger partial charge in [0.1, 0.15) is 16.5 Å². The van der Waals surface area contributed by atoms with Gasteiger partial charge in [-0.3, -0.25) is 19.5 Å². The molecular formula is C24H17ClF2N4O5S. The van der Waals surface area contributed by atoms with Gasteiger partial charge < -0.3 is 10.4 Å². The number of halogens is 3. The number of carbonyl (C=O) groups is 2. The standard InChI is InChI=1S/C24H17ClF2N4O5S/c25-14-5-6-15(23(32)30-20(24(33)34)11-13-4-7-16(26)17(27)10-13)19(12-14)31-37(35,36)21-3-1-2-18-22(21)29-9-8-28-18/h1-10,12,20,31H,11H2,(H,30,32)(H,33,34). The molecule has 0 saturated heterocycles. The number of sulfonamides is 1. The molecule has 1 unspecified atom stereocenters. The Morgan fingerprint density at radius 2 is 1.76 bits per heavy atom. The number of carbonyl (C=O) groups excluding carboxylic acids is 1. The summed E-state index contributed by atoms with van der Waals surface area (Å²) in [6, 6.07) is 9.42. The van der Waals surface area contributed by atoms with Crippen molar-refractivity contribution < 1.29 is 31.9 Å². The van der Waals surface area contributed by atoms with Crippen LogP contribution in [0.4, 0.5) is 14.5 Å². The van der Waals surface area contributed by atoms with E-state index in [0.717, 1.165) is 12.1 Å². The molecule has 0 bridgehead atoms. The molecule has 37 heavy (non-hydrogen) atoms. The zero-order chi connectivity index (χ0) is 26.7. The number of anilines is 1. The van der Waals surface area contributed by atoms with Crippen LogP contribution in [-0.4, -0.2) is 41.4 Å². The van der Waals surface area contributed by atoms with E-state index < -0.39 is 39.6 Å². The zero-order valence-electron chi connectivity index (χ0n) is 18.7. The quantitative estimate of drug-likeness (QED) is 0.305. The van der Waals surface area contributed by atoms with E-state index in [4.69, 9.17) is 11.6 Å². The smallest absolute Gasteiger partial charge is 0.326 e. The average molecular weight is 547 g/mol. The van der Waals surface area contributed by atoms with Gasteiger partial charge in [0.15, 0.2) is 11.6 Å². The maximum atomic E-state index is 13.5. The molecule has 0 saturated carbocycles. The maximum absolute atomic E-state index is 13.5. The van der Waals surface area contributed by atoms with Gasteiger partial charge in [0.25, 0.3) is 15.9 Å². The number of fused-ring (bicyclic) bond motifs is 1. The topological polar surface area (TPSA) is 138 Å². The monoisotopic (exact) mass is 546 g/mol. The average Bonchev–Trinajstić information content (AvgIpc) is 2.85. The summed E-state index contributed by atoms with van der Waals surface area (Å²) in [6.45, 7) is 0. The predicted octanol–water partition coefficient (Wildman–Crippen LogP) is 3.79. The van der Waals surface area contributed by atoms with Crippen molar-refractivity contribution in [1.29, 1.82) is 0 Å². The highest BCUT2D eigenvalue weighted by Crippen LogP contribution is 2.27. The molecule has 4 aromatic rings. The molecule has 0 aliphatic rings. The van der Waals surface area contributed by atoms with Gasteiger partial charge in [-0.15, -0.1) is 0 Å². The number of benzene rings is 3. The van der Waals surface area contributed by atoms with Gasteiger partial charge >= 0.3 is 5.97 Å². The second kappa shape index (κ2) is 10.4. The maximum Gasteiger partial charge on any atom is 0.326 e. The molecule has 0 aliphatic heterocycles. The number of amides is 1. The number of nitrogens with one attached hydrogen (secondary N) is 2. The van der Waals surface area contributed by atoms with E-state index in [1.807, 2.05) is 0 Å². The van der Waals surface area contributed by atoms with Gasteiger partial charge in [-0.05, 0) is 48.0 Å². The lowest BCUT2D eigenvalue weighted by Gasteiger charge is -2.17. The number of hydrogen-bond acceptors (Lipinski definition) is 6. The summed E-state index contributed by atoms with van der Waals surface area (Å²) in [7, 11) is -4.30. The molecule has 3 N–H and O–H groups in total. The third-order valence-electron chi connectivity index (χ3n) is 5.25. The van der Waals surface area contributed by atoms with Crippen LogP contribution < -0.4 is 10.0 Å². The molecular weight excluding hydrogens is 530 g/mol. The first kappa shape index (κ1) is 25.9. The van der Waals surface area contributed by atoms with Gasteiger partial charge in [-0.1, -0.05) is 23.7 Å². The van der Waals surface area contributed by atoms with E-state index in [1.165, 1.54) is 48.8 Å². The van der Waals surface area contributed by atoms with Crippen LogP contribution in [0.15, 0.2) is 71.9 Å². The summed E-state index contributed by atoms with van der Waals surface area (Å²) in [5.74, 6) is -4.65. The van der Waals surface area contributed by atoms with Gasteiger partial charge in [0.2, 0.25) is 0 Å². The first-order valence-corrected chi connectivity index (χ1v) is 12.4. The van der Waals surface area contributed by atoms with Crippen LogP contribution in [0.3, 0.4) is 0 Å². The lowest BCUT2D eigenvalue weighted by atomic mass is 10.0. The summed E-state index contributed by atoms with van der Waals surface area (Å²) in [5, 5.41) is 12.0. The fourth-order valence-electron chi connectivity index (χ4n) is 3.52. The molecule has 190 valence electrons. The Morgan fingerprint density at radius 3 is 2.49 bits per heavy atom. The van der Waals surface area contributed by atoms with Crippen molar-refractivity contribution in [3.05, 3.63) is 94.8 Å². The SMILES string of the molecule is O=C(NC(Cc1ccc(F)c(F)c1)C(=O)O)c1ccc(Cl)cc1NS(=O)(=O)c1cccc2nccnc12. The minimum atomic E-state index is -4.30. The summed E-state index contributed by atoms with van der Waals surface area (Å²) < 4.78 is 55.5. The Labute approximate surface area is 214 Å². The summed E-state index contributed by atoms with van der Waals surface area (Å²) in [5.41, 5.74) is 0.110. The Balaban J connectivity index is 1.63. The number of carboxylic acid groups (broad SMARTS) is 1. The Bertz CT molecular complexity index is 1630. The summed E-state index contributed by atoms with van der Waals surface area (Å²) in [4.78, 5) is 32.7. The van der Waals surface area contributed by atoms with Crippen molar-refractivity contribution in [2.24, 2.45) is 0 Å². The third-order valence-corrected chi connectivity index (χ3v) is 6.88. The number of rotatable bonds is 8. The first-order valence-electron chi connectivity index (χ1n) is 10.5. The Hall–Kier alpha value is -4.16. The highest BCUT2D eigenvalue weighted by molar-refractivity contribution is 7.93. The highest BCUT2D eigenvalue weighted by atomic mass is 35.5. The lowest BCUT2D eigenvalue weighted by Crippen LogP contribution is -2.42. The van der Waals surface area contributed by atoms with Crippen LogP contribution in [0.25, 0.3) is 11.0 Å². The van der Waals surface area contributed by atoms with Gasteiger partial charge in [-0.2, -0.15) is 0 Å². The van der Waals surface area contributed by atoms with E-state index in [9.17, 15) is 31.9 Å². The molecule has 0 radical (unpaired) electrons. The summed E-state index contributed by atoms with van der Waals surface area (Å²) in [6.07, 6.45) is 2.38. The third kappa shape index (κ3) is 5.81. The van der Waals surface area contributed by atoms with Crippen LogP contribution in [0.1, 0.15) is 15.9 Å². The molecule has 0 fully saturated rings. The van der Waals surface area contributed by atoms with E-state index in [-0.39, 0.29) is 38.7 Å². The van der Waals surface area contributed by atoms with E-state index in [0.29, 0.717) is 5.52 Å². The van der Waals surface area contributed by atoms with Crippen molar-refractivity contribution in [2.75, 3.05) is 4.72 Å².